The van der Waals surface area contributed by atoms with Crippen molar-refractivity contribution in [2.75, 3.05) is 25.1 Å². The summed E-state index contributed by atoms with van der Waals surface area (Å²) in [5.74, 6) is 0.425. The molecule has 7 nitrogen and oxygen atoms in total. The number of hydrogen-bond donors (Lipinski definition) is 1. The summed E-state index contributed by atoms with van der Waals surface area (Å²) in [6.07, 6.45) is 1.64. The molecule has 190 valence electrons. The maximum absolute atomic E-state index is 12.8. The van der Waals surface area contributed by atoms with Crippen molar-refractivity contribution in [3.05, 3.63) is 92.3 Å². The number of thioether (sulfide) groups is 1. The highest BCUT2D eigenvalue weighted by atomic mass is 79.9. The second-order valence-corrected chi connectivity index (χ2v) is 10.3. The molecule has 0 spiro atoms. The molecule has 37 heavy (non-hydrogen) atoms. The van der Waals surface area contributed by atoms with Crippen molar-refractivity contribution >= 4 is 68.1 Å². The lowest BCUT2D eigenvalue weighted by Crippen LogP contribution is -2.32. The van der Waals surface area contributed by atoms with Crippen LogP contribution in [0.1, 0.15) is 11.1 Å². The van der Waals surface area contributed by atoms with Crippen LogP contribution in [0.4, 0.5) is 10.5 Å². The predicted molar refractivity (Wildman–Crippen MR) is 149 cm³/mol. The first-order valence-electron chi connectivity index (χ1n) is 11.2. The fraction of sp³-hybridized carbons (Fsp3) is 0.148. The largest absolute Gasteiger partial charge is 0.492 e. The SMILES string of the molecule is Cc1ccccc1NC(=O)COc1ccc(/C=C2\SC(=O)N(CCOc3ccc(Cl)cc3)C2=O)cc1Br. The van der Waals surface area contributed by atoms with Gasteiger partial charge in [0.1, 0.15) is 18.1 Å². The average Bonchev–Trinajstić information content (AvgIpc) is 3.13. The lowest BCUT2D eigenvalue weighted by molar-refractivity contribution is -0.123. The lowest BCUT2D eigenvalue weighted by Gasteiger charge is -2.13. The van der Waals surface area contributed by atoms with Gasteiger partial charge in [0.2, 0.25) is 0 Å². The third kappa shape index (κ3) is 7.15. The molecule has 0 aliphatic carbocycles. The molecule has 1 N–H and O–H groups in total. The van der Waals surface area contributed by atoms with E-state index in [0.29, 0.717) is 31.5 Å². The molecule has 1 fully saturated rings. The first-order chi connectivity index (χ1) is 17.8. The Hall–Kier alpha value is -3.27. The molecule has 0 aromatic heterocycles. The molecule has 1 aliphatic rings. The summed E-state index contributed by atoms with van der Waals surface area (Å²) >= 11 is 10.2. The molecule has 10 heteroatoms. The summed E-state index contributed by atoms with van der Waals surface area (Å²) in [5.41, 5.74) is 2.39. The molecule has 0 atom stereocenters. The van der Waals surface area contributed by atoms with Crippen LogP contribution in [0.2, 0.25) is 5.02 Å². The van der Waals surface area contributed by atoms with E-state index in [0.717, 1.165) is 27.9 Å². The Labute approximate surface area is 231 Å². The van der Waals surface area contributed by atoms with Crippen LogP contribution < -0.4 is 14.8 Å². The summed E-state index contributed by atoms with van der Waals surface area (Å²) in [4.78, 5) is 38.9. The maximum Gasteiger partial charge on any atom is 0.293 e. The molecule has 3 aromatic rings. The summed E-state index contributed by atoms with van der Waals surface area (Å²) in [6.45, 7) is 2.05. The Morgan fingerprint density at radius 2 is 1.84 bits per heavy atom. The van der Waals surface area contributed by atoms with Crippen LogP contribution in [0.5, 0.6) is 11.5 Å². The Morgan fingerprint density at radius 3 is 2.57 bits per heavy atom. The molecule has 1 aliphatic heterocycles. The summed E-state index contributed by atoms with van der Waals surface area (Å²) in [6, 6.07) is 19.5. The van der Waals surface area contributed by atoms with Gasteiger partial charge in [-0.25, -0.2) is 0 Å². The third-order valence-corrected chi connectivity index (χ3v) is 7.08. The van der Waals surface area contributed by atoms with Crippen molar-refractivity contribution in [1.29, 1.82) is 0 Å². The number of carbonyl (C=O) groups excluding carboxylic acids is 3. The minimum absolute atomic E-state index is 0.131. The van der Waals surface area contributed by atoms with Crippen LogP contribution >= 0.6 is 39.3 Å². The fourth-order valence-corrected chi connectivity index (χ4v) is 4.90. The number of amides is 3. The molecule has 1 heterocycles. The van der Waals surface area contributed by atoms with Gasteiger partial charge in [-0.1, -0.05) is 35.9 Å². The van der Waals surface area contributed by atoms with Crippen molar-refractivity contribution in [1.82, 2.24) is 4.90 Å². The monoisotopic (exact) mass is 600 g/mol. The van der Waals surface area contributed by atoms with E-state index in [9.17, 15) is 14.4 Å². The van der Waals surface area contributed by atoms with Crippen LogP contribution in [0.15, 0.2) is 76.1 Å². The molecular weight excluding hydrogens is 580 g/mol. The summed E-state index contributed by atoms with van der Waals surface area (Å²) < 4.78 is 11.9. The summed E-state index contributed by atoms with van der Waals surface area (Å²) in [5, 5.41) is 3.06. The first kappa shape index (κ1) is 26.8. The predicted octanol–water partition coefficient (Wildman–Crippen LogP) is 6.54. The van der Waals surface area contributed by atoms with Gasteiger partial charge in [-0.05, 0) is 94.3 Å². The minimum Gasteiger partial charge on any atom is -0.492 e. The second-order valence-electron chi connectivity index (χ2n) is 7.98. The molecule has 0 bridgehead atoms. The van der Waals surface area contributed by atoms with Crippen molar-refractivity contribution in [3.63, 3.8) is 0 Å². The molecular formula is C27H22BrClN2O5S. The number of nitrogens with one attached hydrogen (secondary N) is 1. The molecule has 0 unspecified atom stereocenters. The van der Waals surface area contributed by atoms with E-state index < -0.39 is 0 Å². The van der Waals surface area contributed by atoms with Gasteiger partial charge >= 0.3 is 0 Å². The Kier molecular flexibility index (Phi) is 8.91. The van der Waals surface area contributed by atoms with Gasteiger partial charge < -0.3 is 14.8 Å². The molecule has 0 radical (unpaired) electrons. The van der Waals surface area contributed by atoms with Crippen molar-refractivity contribution < 1.29 is 23.9 Å². The average molecular weight is 602 g/mol. The zero-order valence-corrected chi connectivity index (χ0v) is 22.9. The van der Waals surface area contributed by atoms with Gasteiger partial charge in [-0.15, -0.1) is 0 Å². The number of imide groups is 1. The topological polar surface area (TPSA) is 84.9 Å². The van der Waals surface area contributed by atoms with Crippen LogP contribution in [-0.2, 0) is 9.59 Å². The van der Waals surface area contributed by atoms with E-state index >= 15 is 0 Å². The van der Waals surface area contributed by atoms with Crippen LogP contribution in [0.3, 0.4) is 0 Å². The number of benzene rings is 3. The maximum atomic E-state index is 12.8. The van der Waals surface area contributed by atoms with Crippen molar-refractivity contribution in [2.45, 2.75) is 6.92 Å². The molecule has 1 saturated heterocycles. The number of carbonyl (C=O) groups is 3. The van der Waals surface area contributed by atoms with Gasteiger partial charge in [0.25, 0.3) is 17.1 Å². The number of halogens is 2. The van der Waals surface area contributed by atoms with Crippen molar-refractivity contribution in [3.8, 4) is 11.5 Å². The number of rotatable bonds is 9. The summed E-state index contributed by atoms with van der Waals surface area (Å²) in [7, 11) is 0. The Balaban J connectivity index is 1.32. The van der Waals surface area contributed by atoms with Gasteiger partial charge in [-0.2, -0.15) is 0 Å². The third-order valence-electron chi connectivity index (χ3n) is 5.30. The second kappa shape index (κ2) is 12.3. The molecule has 4 rings (SSSR count). The molecule has 0 saturated carbocycles. The Morgan fingerprint density at radius 1 is 1.08 bits per heavy atom. The number of anilines is 1. The number of ether oxygens (including phenoxy) is 2. The molecule has 3 amide bonds. The smallest absolute Gasteiger partial charge is 0.293 e. The lowest BCUT2D eigenvalue weighted by atomic mass is 10.2. The number of aryl methyl sites for hydroxylation is 1. The van der Waals surface area contributed by atoms with E-state index in [2.05, 4.69) is 21.2 Å². The highest BCUT2D eigenvalue weighted by Crippen LogP contribution is 2.34. The van der Waals surface area contributed by atoms with Crippen LogP contribution in [-0.4, -0.2) is 41.7 Å². The quantitative estimate of drug-likeness (QED) is 0.280. The van der Waals surface area contributed by atoms with E-state index in [1.54, 1.807) is 48.5 Å². The number of nitrogens with zero attached hydrogens (tertiary/aromatic N) is 1. The van der Waals surface area contributed by atoms with E-state index in [4.69, 9.17) is 21.1 Å². The zero-order valence-electron chi connectivity index (χ0n) is 19.7. The van der Waals surface area contributed by atoms with Gasteiger partial charge in [0.05, 0.1) is 15.9 Å². The van der Waals surface area contributed by atoms with E-state index in [1.165, 1.54) is 0 Å². The highest BCUT2D eigenvalue weighted by molar-refractivity contribution is 9.10. The number of hydrogen-bond acceptors (Lipinski definition) is 6. The van der Waals surface area contributed by atoms with Crippen molar-refractivity contribution in [2.24, 2.45) is 0 Å². The zero-order chi connectivity index (χ0) is 26.4. The van der Waals surface area contributed by atoms with E-state index in [1.807, 2.05) is 31.2 Å². The van der Waals surface area contributed by atoms with Crippen LogP contribution in [0.25, 0.3) is 6.08 Å². The van der Waals surface area contributed by atoms with Gasteiger partial charge in [0, 0.05) is 10.7 Å². The van der Waals surface area contributed by atoms with E-state index in [-0.39, 0.29) is 36.8 Å². The first-order valence-corrected chi connectivity index (χ1v) is 13.2. The van der Waals surface area contributed by atoms with Gasteiger partial charge in [-0.3, -0.25) is 19.3 Å². The van der Waals surface area contributed by atoms with Gasteiger partial charge in [0.15, 0.2) is 6.61 Å². The minimum atomic E-state index is -0.376. The normalized spacial score (nSPS) is 14.2. The number of para-hydroxylation sites is 1. The highest BCUT2D eigenvalue weighted by Gasteiger charge is 2.34. The standard InChI is InChI=1S/C27H22BrClN2O5S/c1-17-4-2-3-5-22(17)30-25(32)16-36-23-11-6-18(14-21(23)28)15-24-26(33)31(27(34)37-24)12-13-35-20-9-7-19(29)8-10-20/h2-11,14-15H,12-13,16H2,1H3,(H,30,32)/b24-15-. The fourth-order valence-electron chi connectivity index (χ4n) is 3.40. The molecule has 3 aromatic carbocycles. The van der Waals surface area contributed by atoms with Crippen LogP contribution in [0, 0.1) is 6.92 Å². The Bertz CT molecular complexity index is 1360.